The average molecular weight is 252 g/mol. The van der Waals surface area contributed by atoms with Crippen LogP contribution in [0.3, 0.4) is 0 Å². The highest BCUT2D eigenvalue weighted by atomic mass is 15.2. The Balaban J connectivity index is 1.92. The number of benzene rings is 1. The van der Waals surface area contributed by atoms with Gasteiger partial charge in [0.2, 0.25) is 0 Å². The monoisotopic (exact) mass is 252 g/mol. The molecule has 2 aromatic rings. The molecule has 19 heavy (non-hydrogen) atoms. The van der Waals surface area contributed by atoms with Crippen LogP contribution in [0.4, 0.5) is 5.69 Å². The zero-order valence-electron chi connectivity index (χ0n) is 11.0. The van der Waals surface area contributed by atoms with Crippen LogP contribution in [-0.4, -0.2) is 43.1 Å². The molecule has 0 spiro atoms. The minimum absolute atomic E-state index is 0.611. The summed E-state index contributed by atoms with van der Waals surface area (Å²) in [6, 6.07) is 10.3. The van der Waals surface area contributed by atoms with Crippen molar-refractivity contribution in [1.82, 2.24) is 9.88 Å². The maximum absolute atomic E-state index is 8.88. The molecule has 0 N–H and O–H groups in total. The van der Waals surface area contributed by atoms with Crippen molar-refractivity contribution < 1.29 is 0 Å². The Morgan fingerprint density at radius 3 is 2.68 bits per heavy atom. The van der Waals surface area contributed by atoms with Crippen molar-refractivity contribution in [3.63, 3.8) is 0 Å². The van der Waals surface area contributed by atoms with Gasteiger partial charge >= 0.3 is 0 Å². The molecule has 0 unspecified atom stereocenters. The lowest BCUT2D eigenvalue weighted by Crippen LogP contribution is -2.44. The quantitative estimate of drug-likeness (QED) is 0.777. The summed E-state index contributed by atoms with van der Waals surface area (Å²) in [5.41, 5.74) is 2.79. The van der Waals surface area contributed by atoms with Crippen molar-refractivity contribution in [2.24, 2.45) is 0 Å². The molecule has 0 amide bonds. The van der Waals surface area contributed by atoms with Crippen molar-refractivity contribution in [3.8, 4) is 6.07 Å². The number of hydrogen-bond donors (Lipinski definition) is 0. The number of nitrogens with zero attached hydrogens (tertiary/aromatic N) is 4. The van der Waals surface area contributed by atoms with Gasteiger partial charge in [-0.3, -0.25) is 4.98 Å². The molecule has 0 aliphatic carbocycles. The second-order valence-corrected chi connectivity index (χ2v) is 5.00. The molecule has 0 radical (unpaired) electrons. The van der Waals surface area contributed by atoms with Gasteiger partial charge in [0.1, 0.15) is 6.07 Å². The zero-order valence-corrected chi connectivity index (χ0v) is 11.0. The lowest BCUT2D eigenvalue weighted by molar-refractivity contribution is 0.313. The first kappa shape index (κ1) is 11.9. The van der Waals surface area contributed by atoms with Gasteiger partial charge in [-0.05, 0) is 25.2 Å². The average Bonchev–Trinajstić information content (AvgIpc) is 2.47. The molecule has 1 fully saturated rings. The highest BCUT2D eigenvalue weighted by Crippen LogP contribution is 2.22. The summed E-state index contributed by atoms with van der Waals surface area (Å²) in [7, 11) is 2.16. The fourth-order valence-electron chi connectivity index (χ4n) is 2.43. The van der Waals surface area contributed by atoms with Crippen LogP contribution in [0.25, 0.3) is 10.9 Å². The molecule has 1 aromatic heterocycles. The summed E-state index contributed by atoms with van der Waals surface area (Å²) in [6.45, 7) is 4.30. The molecule has 4 nitrogen and oxygen atoms in total. The molecule has 0 bridgehead atoms. The van der Waals surface area contributed by atoms with Crippen LogP contribution in [0.1, 0.15) is 5.56 Å². The maximum atomic E-state index is 8.88. The van der Waals surface area contributed by atoms with Crippen LogP contribution in [0.15, 0.2) is 30.5 Å². The minimum Gasteiger partial charge on any atom is -0.369 e. The van der Waals surface area contributed by atoms with Gasteiger partial charge in [-0.2, -0.15) is 5.26 Å². The molecule has 1 saturated heterocycles. The van der Waals surface area contributed by atoms with E-state index in [0.29, 0.717) is 5.56 Å². The number of anilines is 1. The SMILES string of the molecule is CN1CCN(c2ccc3cc(C#N)cnc3c2)CC1. The first-order valence-corrected chi connectivity index (χ1v) is 6.50. The van der Waals surface area contributed by atoms with Gasteiger partial charge < -0.3 is 9.80 Å². The van der Waals surface area contributed by atoms with Crippen molar-refractivity contribution in [2.45, 2.75) is 0 Å². The Morgan fingerprint density at radius 2 is 1.95 bits per heavy atom. The van der Waals surface area contributed by atoms with E-state index in [2.05, 4.69) is 46.1 Å². The van der Waals surface area contributed by atoms with Crippen LogP contribution in [-0.2, 0) is 0 Å². The van der Waals surface area contributed by atoms with E-state index in [0.717, 1.165) is 37.1 Å². The summed E-state index contributed by atoms with van der Waals surface area (Å²) in [6.07, 6.45) is 1.64. The van der Waals surface area contributed by atoms with E-state index in [9.17, 15) is 0 Å². The summed E-state index contributed by atoms with van der Waals surface area (Å²) < 4.78 is 0. The first-order valence-electron chi connectivity index (χ1n) is 6.50. The second-order valence-electron chi connectivity index (χ2n) is 5.00. The maximum Gasteiger partial charge on any atom is 0.101 e. The van der Waals surface area contributed by atoms with Gasteiger partial charge in [0, 0.05) is 43.4 Å². The van der Waals surface area contributed by atoms with Crippen LogP contribution in [0.2, 0.25) is 0 Å². The third-order valence-electron chi connectivity index (χ3n) is 3.67. The van der Waals surface area contributed by atoms with Gasteiger partial charge in [0.25, 0.3) is 0 Å². The summed E-state index contributed by atoms with van der Waals surface area (Å²) in [5, 5.41) is 9.90. The van der Waals surface area contributed by atoms with Gasteiger partial charge in [-0.1, -0.05) is 6.07 Å². The predicted molar refractivity (Wildman–Crippen MR) is 76.2 cm³/mol. The highest BCUT2D eigenvalue weighted by molar-refractivity contribution is 5.83. The number of fused-ring (bicyclic) bond motifs is 1. The normalized spacial score (nSPS) is 16.5. The third-order valence-corrected chi connectivity index (χ3v) is 3.67. The van der Waals surface area contributed by atoms with E-state index >= 15 is 0 Å². The van der Waals surface area contributed by atoms with Gasteiger partial charge in [0.05, 0.1) is 11.1 Å². The van der Waals surface area contributed by atoms with E-state index in [1.807, 2.05) is 6.07 Å². The van der Waals surface area contributed by atoms with Crippen LogP contribution in [0.5, 0.6) is 0 Å². The largest absolute Gasteiger partial charge is 0.369 e. The molecule has 1 aromatic carbocycles. The van der Waals surface area contributed by atoms with Crippen molar-refractivity contribution in [3.05, 3.63) is 36.0 Å². The zero-order chi connectivity index (χ0) is 13.2. The van der Waals surface area contributed by atoms with E-state index in [4.69, 9.17) is 5.26 Å². The number of hydrogen-bond acceptors (Lipinski definition) is 4. The molecular formula is C15H16N4. The smallest absolute Gasteiger partial charge is 0.101 e. The molecule has 2 heterocycles. The predicted octanol–water partition coefficient (Wildman–Crippen LogP) is 1.86. The Morgan fingerprint density at radius 1 is 1.16 bits per heavy atom. The van der Waals surface area contributed by atoms with Crippen LogP contribution < -0.4 is 4.90 Å². The molecule has 1 aliphatic heterocycles. The Hall–Kier alpha value is -2.12. The number of nitriles is 1. The standard InChI is InChI=1S/C15H16N4/c1-18-4-6-19(7-5-18)14-3-2-13-8-12(10-16)11-17-15(13)9-14/h2-3,8-9,11H,4-7H2,1H3. The lowest BCUT2D eigenvalue weighted by Gasteiger charge is -2.34. The Bertz CT molecular complexity index is 636. The van der Waals surface area contributed by atoms with E-state index < -0.39 is 0 Å². The second kappa shape index (κ2) is 4.87. The van der Waals surface area contributed by atoms with Crippen molar-refractivity contribution in [2.75, 3.05) is 38.1 Å². The van der Waals surface area contributed by atoms with Gasteiger partial charge in [-0.25, -0.2) is 0 Å². The Labute approximate surface area is 112 Å². The number of pyridine rings is 1. The van der Waals surface area contributed by atoms with Crippen molar-refractivity contribution in [1.29, 1.82) is 5.26 Å². The fourth-order valence-corrected chi connectivity index (χ4v) is 2.43. The Kier molecular flexibility index (Phi) is 3.06. The molecule has 96 valence electrons. The summed E-state index contributed by atoms with van der Waals surface area (Å²) in [4.78, 5) is 9.09. The third kappa shape index (κ3) is 2.38. The lowest BCUT2D eigenvalue weighted by atomic mass is 10.1. The van der Waals surface area contributed by atoms with Crippen LogP contribution >= 0.6 is 0 Å². The first-order chi connectivity index (χ1) is 9.26. The number of likely N-dealkylation sites (N-methyl/N-ethyl adjacent to an activating group) is 1. The highest BCUT2D eigenvalue weighted by Gasteiger charge is 2.14. The van der Waals surface area contributed by atoms with Gasteiger partial charge in [-0.15, -0.1) is 0 Å². The minimum atomic E-state index is 0.611. The molecule has 0 atom stereocenters. The van der Waals surface area contributed by atoms with Gasteiger partial charge in [0.15, 0.2) is 0 Å². The van der Waals surface area contributed by atoms with Crippen LogP contribution in [0, 0.1) is 11.3 Å². The molecule has 3 rings (SSSR count). The molecule has 4 heteroatoms. The molecule has 0 saturated carbocycles. The summed E-state index contributed by atoms with van der Waals surface area (Å²) in [5.74, 6) is 0. The topological polar surface area (TPSA) is 43.2 Å². The summed E-state index contributed by atoms with van der Waals surface area (Å²) >= 11 is 0. The number of aromatic nitrogens is 1. The van der Waals surface area contributed by atoms with E-state index in [1.54, 1.807) is 6.20 Å². The molecular weight excluding hydrogens is 236 g/mol. The van der Waals surface area contributed by atoms with E-state index in [-0.39, 0.29) is 0 Å². The number of piperazine rings is 1. The van der Waals surface area contributed by atoms with E-state index in [1.165, 1.54) is 5.69 Å². The van der Waals surface area contributed by atoms with Crippen molar-refractivity contribution >= 4 is 16.6 Å². The molecule has 1 aliphatic rings. The fraction of sp³-hybridized carbons (Fsp3) is 0.333. The number of rotatable bonds is 1.